The summed E-state index contributed by atoms with van der Waals surface area (Å²) in [6, 6.07) is 7.45. The Labute approximate surface area is 191 Å². The second-order valence-electron chi connectivity index (χ2n) is 7.82. The molecule has 0 amide bonds. The van der Waals surface area contributed by atoms with Crippen LogP contribution in [0.5, 0.6) is 11.9 Å². The molecule has 0 spiro atoms. The molecule has 11 heteroatoms. The Morgan fingerprint density at radius 2 is 1.94 bits per heavy atom. The number of hydrogen-bond donors (Lipinski definition) is 0. The molecule has 0 N–H and O–H groups in total. The summed E-state index contributed by atoms with van der Waals surface area (Å²) in [6.07, 6.45) is 1.02. The van der Waals surface area contributed by atoms with Crippen molar-refractivity contribution in [3.63, 3.8) is 0 Å². The first-order valence-corrected chi connectivity index (χ1v) is 10.2. The Morgan fingerprint density at radius 1 is 1.12 bits per heavy atom. The fourth-order valence-electron chi connectivity index (χ4n) is 4.17. The zero-order valence-electron chi connectivity index (χ0n) is 18.0. The molecule has 172 valence electrons. The van der Waals surface area contributed by atoms with Gasteiger partial charge in [0, 0.05) is 24.2 Å². The molecular formula is C23H17F3N6O2. The first kappa shape index (κ1) is 21.6. The molecule has 1 saturated carbocycles. The summed E-state index contributed by atoms with van der Waals surface area (Å²) in [6.45, 7) is 0. The van der Waals surface area contributed by atoms with Gasteiger partial charge in [0.25, 0.3) is 0 Å². The third-order valence-corrected chi connectivity index (χ3v) is 5.86. The Balaban J connectivity index is 1.54. The quantitative estimate of drug-likeness (QED) is 0.431. The number of fused-ring (bicyclic) bond motifs is 1. The van der Waals surface area contributed by atoms with Crippen molar-refractivity contribution in [2.24, 2.45) is 0 Å². The van der Waals surface area contributed by atoms with Gasteiger partial charge in [0.05, 0.1) is 42.7 Å². The minimum atomic E-state index is -4.58. The van der Waals surface area contributed by atoms with Crippen molar-refractivity contribution in [3.05, 3.63) is 65.1 Å². The third kappa shape index (κ3) is 3.67. The van der Waals surface area contributed by atoms with Crippen LogP contribution in [0.4, 0.5) is 13.2 Å². The third-order valence-electron chi connectivity index (χ3n) is 5.86. The fraction of sp³-hybridized carbons (Fsp3) is 0.261. The lowest BCUT2D eigenvalue weighted by Crippen LogP contribution is -2.08. The van der Waals surface area contributed by atoms with Crippen molar-refractivity contribution in [2.75, 3.05) is 14.2 Å². The van der Waals surface area contributed by atoms with Gasteiger partial charge >= 0.3 is 12.2 Å². The molecule has 5 rings (SSSR count). The lowest BCUT2D eigenvalue weighted by molar-refractivity contribution is -0.137. The van der Waals surface area contributed by atoms with Crippen LogP contribution in [0.2, 0.25) is 0 Å². The Bertz CT molecular complexity index is 1440. The molecule has 1 fully saturated rings. The second-order valence-corrected chi connectivity index (χ2v) is 7.82. The molecule has 2 atom stereocenters. The van der Waals surface area contributed by atoms with E-state index in [-0.39, 0.29) is 23.4 Å². The van der Waals surface area contributed by atoms with Gasteiger partial charge in [-0.15, -0.1) is 0 Å². The molecule has 1 aromatic carbocycles. The van der Waals surface area contributed by atoms with E-state index in [9.17, 15) is 18.4 Å². The van der Waals surface area contributed by atoms with Gasteiger partial charge in [-0.05, 0) is 42.0 Å². The molecule has 34 heavy (non-hydrogen) atoms. The van der Waals surface area contributed by atoms with Crippen molar-refractivity contribution >= 4 is 5.65 Å². The summed E-state index contributed by atoms with van der Waals surface area (Å²) < 4.78 is 51.6. The van der Waals surface area contributed by atoms with E-state index >= 15 is 0 Å². The van der Waals surface area contributed by atoms with Crippen molar-refractivity contribution in [3.8, 4) is 29.2 Å². The summed E-state index contributed by atoms with van der Waals surface area (Å²) in [7, 11) is 2.94. The Hall–Kier alpha value is -4.20. The number of ether oxygens (including phenoxy) is 2. The Morgan fingerprint density at radius 3 is 2.65 bits per heavy atom. The summed E-state index contributed by atoms with van der Waals surface area (Å²) >= 11 is 0. The summed E-state index contributed by atoms with van der Waals surface area (Å²) in [5.74, 6) is 0.248. The number of hydrogen-bond acceptors (Lipinski definition) is 7. The predicted octanol–water partition coefficient (Wildman–Crippen LogP) is 4.37. The molecule has 0 saturated heterocycles. The topological polar surface area (TPSA) is 98.2 Å². The number of imidazole rings is 1. The number of aromatic nitrogens is 5. The number of alkyl halides is 3. The van der Waals surface area contributed by atoms with Crippen LogP contribution in [0.15, 0.2) is 42.9 Å². The first-order valence-electron chi connectivity index (χ1n) is 10.2. The highest BCUT2D eigenvalue weighted by atomic mass is 19.4. The molecule has 0 unspecified atom stereocenters. The van der Waals surface area contributed by atoms with Crippen LogP contribution in [0.25, 0.3) is 16.9 Å². The zero-order valence-corrected chi connectivity index (χ0v) is 18.0. The molecule has 1 aliphatic rings. The maximum Gasteiger partial charge on any atom is 0.417 e. The van der Waals surface area contributed by atoms with Gasteiger partial charge in [-0.2, -0.15) is 28.5 Å². The standard InChI is InChI=1S/C23H17F3N6O2/c1-33-21-17(11-29-22(30-21)34-2)19-9-16(20-28-5-6-32(20)31-19)15-8-14(15)12-3-4-18(23(24,25)26)13(7-12)10-27/h3-7,9,11,14-15H,8H2,1-2H3/t14-,15+/m1/s1. The lowest BCUT2D eigenvalue weighted by Gasteiger charge is -2.12. The SMILES string of the molecule is COc1ncc(-c2cc([C@H]3C[C@@H]3c3ccc(C(F)(F)F)c(C#N)c3)c3nccn3n2)c(OC)n1. The van der Waals surface area contributed by atoms with E-state index in [1.54, 1.807) is 29.2 Å². The average molecular weight is 466 g/mol. The monoisotopic (exact) mass is 466 g/mol. The maximum absolute atomic E-state index is 13.2. The number of nitrogens with zero attached hydrogens (tertiary/aromatic N) is 6. The van der Waals surface area contributed by atoms with Crippen LogP contribution in [0.3, 0.4) is 0 Å². The summed E-state index contributed by atoms with van der Waals surface area (Å²) in [4.78, 5) is 12.8. The molecule has 4 aromatic rings. The lowest BCUT2D eigenvalue weighted by atomic mass is 9.99. The highest BCUT2D eigenvalue weighted by Gasteiger charge is 2.42. The predicted molar refractivity (Wildman–Crippen MR) is 113 cm³/mol. The van der Waals surface area contributed by atoms with E-state index in [0.29, 0.717) is 34.8 Å². The van der Waals surface area contributed by atoms with Crippen LogP contribution in [0.1, 0.15) is 40.5 Å². The zero-order chi connectivity index (χ0) is 24.0. The molecular weight excluding hydrogens is 449 g/mol. The summed E-state index contributed by atoms with van der Waals surface area (Å²) in [5, 5.41) is 13.8. The number of nitriles is 1. The van der Waals surface area contributed by atoms with E-state index in [1.807, 2.05) is 6.07 Å². The second kappa shape index (κ2) is 7.98. The fourth-order valence-corrected chi connectivity index (χ4v) is 4.17. The number of methoxy groups -OCH3 is 2. The van der Waals surface area contributed by atoms with Crippen molar-refractivity contribution < 1.29 is 22.6 Å². The molecule has 1 aliphatic carbocycles. The maximum atomic E-state index is 13.2. The van der Waals surface area contributed by atoms with Crippen LogP contribution in [-0.2, 0) is 6.18 Å². The van der Waals surface area contributed by atoms with Gasteiger partial charge < -0.3 is 9.47 Å². The first-order chi connectivity index (χ1) is 16.3. The largest absolute Gasteiger partial charge is 0.480 e. The van der Waals surface area contributed by atoms with E-state index in [4.69, 9.17) is 9.47 Å². The minimum absolute atomic E-state index is 0.0000845. The average Bonchev–Trinajstić information content (AvgIpc) is 3.50. The molecule has 3 aromatic heterocycles. The van der Waals surface area contributed by atoms with E-state index in [2.05, 4.69) is 20.1 Å². The van der Waals surface area contributed by atoms with E-state index in [1.165, 1.54) is 26.4 Å². The van der Waals surface area contributed by atoms with Crippen molar-refractivity contribution in [2.45, 2.75) is 24.4 Å². The number of rotatable bonds is 5. The smallest absolute Gasteiger partial charge is 0.417 e. The molecule has 0 aliphatic heterocycles. The molecule has 3 heterocycles. The van der Waals surface area contributed by atoms with Gasteiger partial charge in [0.1, 0.15) is 0 Å². The van der Waals surface area contributed by atoms with Gasteiger partial charge in [0.2, 0.25) is 5.88 Å². The van der Waals surface area contributed by atoms with Crippen LogP contribution in [0, 0.1) is 11.3 Å². The number of benzene rings is 1. The van der Waals surface area contributed by atoms with E-state index < -0.39 is 11.7 Å². The summed E-state index contributed by atoms with van der Waals surface area (Å²) in [5.41, 5.74) is 2.02. The van der Waals surface area contributed by atoms with Gasteiger partial charge in [-0.1, -0.05) is 6.07 Å². The van der Waals surface area contributed by atoms with Crippen molar-refractivity contribution in [1.82, 2.24) is 24.6 Å². The van der Waals surface area contributed by atoms with Gasteiger partial charge in [0.15, 0.2) is 5.65 Å². The molecule has 8 nitrogen and oxygen atoms in total. The normalized spacial score (nSPS) is 17.4. The van der Waals surface area contributed by atoms with E-state index in [0.717, 1.165) is 11.6 Å². The highest BCUT2D eigenvalue weighted by Crippen LogP contribution is 2.56. The van der Waals surface area contributed by atoms with Crippen molar-refractivity contribution in [1.29, 1.82) is 5.26 Å². The number of halogens is 3. The van der Waals surface area contributed by atoms with Crippen LogP contribution in [-0.4, -0.2) is 38.8 Å². The highest BCUT2D eigenvalue weighted by molar-refractivity contribution is 5.68. The molecule has 0 radical (unpaired) electrons. The van der Waals surface area contributed by atoms with Gasteiger partial charge in [-0.3, -0.25) is 0 Å². The van der Waals surface area contributed by atoms with Crippen LogP contribution < -0.4 is 9.47 Å². The minimum Gasteiger partial charge on any atom is -0.480 e. The Kier molecular flexibility index (Phi) is 5.08. The van der Waals surface area contributed by atoms with Crippen LogP contribution >= 0.6 is 0 Å². The van der Waals surface area contributed by atoms with Gasteiger partial charge in [-0.25, -0.2) is 14.5 Å². The molecule has 0 bridgehead atoms.